The van der Waals surface area contributed by atoms with Gasteiger partial charge in [-0.3, -0.25) is 4.79 Å². The molecule has 1 heterocycles. The summed E-state index contributed by atoms with van der Waals surface area (Å²) in [6.45, 7) is 2.37. The smallest absolute Gasteiger partial charge is 0.228 e. The number of ether oxygens (including phenoxy) is 1. The van der Waals surface area contributed by atoms with Gasteiger partial charge in [0.2, 0.25) is 5.91 Å². The first kappa shape index (κ1) is 16.9. The number of rotatable bonds is 7. The summed E-state index contributed by atoms with van der Waals surface area (Å²) < 4.78 is 5.80. The van der Waals surface area contributed by atoms with Gasteiger partial charge in [0.05, 0.1) is 12.5 Å². The highest BCUT2D eigenvalue weighted by molar-refractivity contribution is 5.81. The Kier molecular flexibility index (Phi) is 6.16. The van der Waals surface area contributed by atoms with Gasteiger partial charge in [-0.1, -0.05) is 24.3 Å². The highest BCUT2D eigenvalue weighted by atomic mass is 16.5. The number of hydrogen-bond acceptors (Lipinski definition) is 3. The highest BCUT2D eigenvalue weighted by Gasteiger charge is 2.23. The van der Waals surface area contributed by atoms with E-state index < -0.39 is 0 Å². The number of amides is 1. The molecule has 3 rings (SSSR count). The van der Waals surface area contributed by atoms with E-state index >= 15 is 0 Å². The van der Waals surface area contributed by atoms with Crippen LogP contribution in [0.5, 0.6) is 5.75 Å². The van der Waals surface area contributed by atoms with Gasteiger partial charge in [0, 0.05) is 13.1 Å². The minimum atomic E-state index is 0.0106. The average Bonchev–Trinajstić information content (AvgIpc) is 3.16. The molecule has 0 radical (unpaired) electrons. The van der Waals surface area contributed by atoms with Gasteiger partial charge in [0.25, 0.3) is 0 Å². The zero-order valence-corrected chi connectivity index (χ0v) is 14.2. The number of carbonyl (C=O) groups is 1. The largest absolute Gasteiger partial charge is 0.494 e. The van der Waals surface area contributed by atoms with Gasteiger partial charge in [-0.05, 0) is 62.3 Å². The van der Waals surface area contributed by atoms with Gasteiger partial charge in [0.15, 0.2) is 0 Å². The van der Waals surface area contributed by atoms with Crippen molar-refractivity contribution in [1.29, 1.82) is 0 Å². The maximum Gasteiger partial charge on any atom is 0.228 e. The summed E-state index contributed by atoms with van der Waals surface area (Å²) in [5.41, 5.74) is 0. The Bertz CT molecular complexity index is 536. The average molecular weight is 328 g/mol. The zero-order valence-electron chi connectivity index (χ0n) is 14.2. The van der Waals surface area contributed by atoms with E-state index in [-0.39, 0.29) is 11.8 Å². The van der Waals surface area contributed by atoms with Crippen molar-refractivity contribution < 1.29 is 9.53 Å². The summed E-state index contributed by atoms with van der Waals surface area (Å²) in [7, 11) is 0. The minimum absolute atomic E-state index is 0.0106. The minimum Gasteiger partial charge on any atom is -0.494 e. The van der Waals surface area contributed by atoms with E-state index in [1.807, 2.05) is 42.6 Å². The van der Waals surface area contributed by atoms with Crippen molar-refractivity contribution in [3.63, 3.8) is 0 Å². The van der Waals surface area contributed by atoms with Crippen molar-refractivity contribution >= 4 is 5.91 Å². The van der Waals surface area contributed by atoms with Crippen LogP contribution in [0.1, 0.15) is 32.1 Å². The molecular weight excluding hydrogens is 300 g/mol. The number of hydrogen-bond donors (Lipinski definition) is 2. The van der Waals surface area contributed by atoms with Crippen LogP contribution in [-0.2, 0) is 4.79 Å². The molecule has 1 amide bonds. The zero-order chi connectivity index (χ0) is 16.6. The summed E-state index contributed by atoms with van der Waals surface area (Å²) >= 11 is 0. The Morgan fingerprint density at radius 2 is 1.88 bits per heavy atom. The molecule has 1 aliphatic carbocycles. The van der Waals surface area contributed by atoms with Crippen LogP contribution < -0.4 is 15.4 Å². The van der Waals surface area contributed by atoms with E-state index in [9.17, 15) is 4.79 Å². The lowest BCUT2D eigenvalue weighted by atomic mass is 9.80. The molecule has 1 atom stereocenters. The molecule has 2 N–H and O–H groups in total. The quantitative estimate of drug-likeness (QED) is 0.808. The van der Waals surface area contributed by atoms with Crippen molar-refractivity contribution in [3.8, 4) is 5.75 Å². The topological polar surface area (TPSA) is 50.4 Å². The van der Waals surface area contributed by atoms with E-state index in [4.69, 9.17) is 4.74 Å². The van der Waals surface area contributed by atoms with Crippen LogP contribution >= 0.6 is 0 Å². The molecule has 130 valence electrons. The number of nitrogens with one attached hydrogen (secondary N) is 2. The van der Waals surface area contributed by atoms with E-state index in [0.29, 0.717) is 5.92 Å². The lowest BCUT2D eigenvalue weighted by molar-refractivity contribution is -0.123. The van der Waals surface area contributed by atoms with E-state index in [2.05, 4.69) is 10.6 Å². The van der Waals surface area contributed by atoms with Crippen LogP contribution in [0.4, 0.5) is 0 Å². The van der Waals surface area contributed by atoms with Crippen LogP contribution in [0.25, 0.3) is 0 Å². The van der Waals surface area contributed by atoms with Crippen molar-refractivity contribution in [3.05, 3.63) is 42.6 Å². The lowest BCUT2D eigenvalue weighted by Crippen LogP contribution is -2.36. The second kappa shape index (κ2) is 8.76. The van der Waals surface area contributed by atoms with E-state index in [0.717, 1.165) is 37.8 Å². The Morgan fingerprint density at radius 1 is 1.12 bits per heavy atom. The molecule has 1 unspecified atom stereocenters. The van der Waals surface area contributed by atoms with Gasteiger partial charge in [-0.25, -0.2) is 0 Å². The summed E-state index contributed by atoms with van der Waals surface area (Å²) in [4.78, 5) is 12.0. The van der Waals surface area contributed by atoms with Gasteiger partial charge in [0.1, 0.15) is 5.75 Å². The van der Waals surface area contributed by atoms with Gasteiger partial charge in [-0.15, -0.1) is 0 Å². The first-order valence-corrected chi connectivity index (χ1v) is 9.17. The molecule has 4 heteroatoms. The summed E-state index contributed by atoms with van der Waals surface area (Å²) in [5, 5.41) is 6.19. The molecule has 0 spiro atoms. The molecule has 4 nitrogen and oxygen atoms in total. The van der Waals surface area contributed by atoms with Crippen LogP contribution in [0.3, 0.4) is 0 Å². The fourth-order valence-electron chi connectivity index (χ4n) is 3.59. The fourth-order valence-corrected chi connectivity index (χ4v) is 3.59. The fraction of sp³-hybridized carbons (Fsp3) is 0.550. The van der Waals surface area contributed by atoms with Crippen LogP contribution in [0.15, 0.2) is 42.6 Å². The number of para-hydroxylation sites is 1. The SMILES string of the molecule is O=C(NC[C@H]1CC[C@@H](CCOc2ccccc2)CC1)C1C=CNC1. The first-order chi connectivity index (χ1) is 11.8. The number of carbonyl (C=O) groups excluding carboxylic acids is 1. The van der Waals surface area contributed by atoms with Crippen molar-refractivity contribution in [2.24, 2.45) is 17.8 Å². The maximum atomic E-state index is 12.0. The monoisotopic (exact) mass is 328 g/mol. The van der Waals surface area contributed by atoms with E-state index in [1.54, 1.807) is 0 Å². The van der Waals surface area contributed by atoms with Crippen LogP contribution in [0, 0.1) is 17.8 Å². The van der Waals surface area contributed by atoms with Gasteiger partial charge in [-0.2, -0.15) is 0 Å². The third-order valence-corrected chi connectivity index (χ3v) is 5.19. The molecular formula is C20H28N2O2. The van der Waals surface area contributed by atoms with Crippen molar-refractivity contribution in [2.75, 3.05) is 19.7 Å². The van der Waals surface area contributed by atoms with Crippen molar-refractivity contribution in [2.45, 2.75) is 32.1 Å². The summed E-state index contributed by atoms with van der Waals surface area (Å²) in [6.07, 6.45) is 9.88. The molecule has 1 aromatic rings. The van der Waals surface area contributed by atoms with Gasteiger partial charge >= 0.3 is 0 Å². The molecule has 0 aromatic heterocycles. The lowest BCUT2D eigenvalue weighted by Gasteiger charge is -2.28. The van der Waals surface area contributed by atoms with E-state index in [1.165, 1.54) is 25.7 Å². The molecule has 0 saturated heterocycles. The number of benzene rings is 1. The standard InChI is InChI=1S/C20H28N2O2/c23-20(18-10-12-21-15-18)22-14-17-8-6-16(7-9-17)11-13-24-19-4-2-1-3-5-19/h1-5,10,12,16-18,21H,6-9,11,13-15H2,(H,22,23)/t16-,17+,18?. The summed E-state index contributed by atoms with van der Waals surface area (Å²) in [5.74, 6) is 2.54. The Morgan fingerprint density at radius 3 is 2.58 bits per heavy atom. The molecule has 0 bridgehead atoms. The Labute approximate surface area is 144 Å². The van der Waals surface area contributed by atoms with Crippen LogP contribution in [0.2, 0.25) is 0 Å². The maximum absolute atomic E-state index is 12.0. The van der Waals surface area contributed by atoms with Gasteiger partial charge < -0.3 is 15.4 Å². The molecule has 1 fully saturated rings. The first-order valence-electron chi connectivity index (χ1n) is 9.17. The molecule has 1 aromatic carbocycles. The predicted octanol–water partition coefficient (Wildman–Crippen LogP) is 3.11. The van der Waals surface area contributed by atoms with Crippen LogP contribution in [-0.4, -0.2) is 25.6 Å². The highest BCUT2D eigenvalue weighted by Crippen LogP contribution is 2.30. The molecule has 2 aliphatic rings. The summed E-state index contributed by atoms with van der Waals surface area (Å²) in [6, 6.07) is 10.0. The second-order valence-electron chi connectivity index (χ2n) is 6.96. The molecule has 1 saturated carbocycles. The third kappa shape index (κ3) is 5.02. The third-order valence-electron chi connectivity index (χ3n) is 5.19. The normalized spacial score (nSPS) is 25.9. The Hall–Kier alpha value is -1.97. The molecule has 24 heavy (non-hydrogen) atoms. The second-order valence-corrected chi connectivity index (χ2v) is 6.96. The predicted molar refractivity (Wildman–Crippen MR) is 95.6 cm³/mol. The Balaban J connectivity index is 1.28. The molecule has 1 aliphatic heterocycles. The van der Waals surface area contributed by atoms with Crippen molar-refractivity contribution in [1.82, 2.24) is 10.6 Å².